The standard InChI is InChI=1S/C19H29BrN2O3/c1-5-10-25-18-16(20)11-15(12-17(18)24-4)19(23)22-8-6-21(7-9-22)13-14(2)3/h11-12,14H,5-10,13H2,1-4H3. The minimum Gasteiger partial charge on any atom is -0.493 e. The van der Waals surface area contributed by atoms with Gasteiger partial charge >= 0.3 is 0 Å². The summed E-state index contributed by atoms with van der Waals surface area (Å²) in [5, 5.41) is 0. The average Bonchev–Trinajstić information content (AvgIpc) is 2.59. The van der Waals surface area contributed by atoms with Crippen LogP contribution < -0.4 is 9.47 Å². The highest BCUT2D eigenvalue weighted by molar-refractivity contribution is 9.10. The monoisotopic (exact) mass is 412 g/mol. The second-order valence-electron chi connectivity index (χ2n) is 6.82. The molecule has 1 aromatic rings. The van der Waals surface area contributed by atoms with Crippen LogP contribution in [-0.2, 0) is 0 Å². The van der Waals surface area contributed by atoms with Crippen molar-refractivity contribution in [1.82, 2.24) is 9.80 Å². The highest BCUT2D eigenvalue weighted by Gasteiger charge is 2.24. The van der Waals surface area contributed by atoms with Gasteiger partial charge in [0.1, 0.15) is 0 Å². The molecule has 1 fully saturated rings. The third-order valence-corrected chi connectivity index (χ3v) is 4.80. The molecule has 0 atom stereocenters. The molecule has 0 radical (unpaired) electrons. The van der Waals surface area contributed by atoms with Gasteiger partial charge in [-0.1, -0.05) is 20.8 Å². The number of methoxy groups -OCH3 is 1. The van der Waals surface area contributed by atoms with Gasteiger partial charge < -0.3 is 14.4 Å². The molecule has 2 rings (SSSR count). The van der Waals surface area contributed by atoms with Crippen molar-refractivity contribution in [1.29, 1.82) is 0 Å². The minimum absolute atomic E-state index is 0.0465. The minimum atomic E-state index is 0.0465. The van der Waals surface area contributed by atoms with Crippen LogP contribution in [0, 0.1) is 5.92 Å². The first-order chi connectivity index (χ1) is 12.0. The number of halogens is 1. The summed E-state index contributed by atoms with van der Waals surface area (Å²) in [6.07, 6.45) is 0.914. The molecule has 0 aromatic heterocycles. The zero-order chi connectivity index (χ0) is 18.4. The first kappa shape index (κ1) is 20.0. The lowest BCUT2D eigenvalue weighted by atomic mass is 10.1. The number of nitrogens with zero attached hydrogens (tertiary/aromatic N) is 2. The molecule has 1 saturated heterocycles. The molecule has 1 aliphatic heterocycles. The molecule has 1 aliphatic rings. The predicted molar refractivity (Wildman–Crippen MR) is 104 cm³/mol. The van der Waals surface area contributed by atoms with Crippen LogP contribution in [0.4, 0.5) is 0 Å². The maximum atomic E-state index is 12.9. The summed E-state index contributed by atoms with van der Waals surface area (Å²) in [5.41, 5.74) is 0.630. The van der Waals surface area contributed by atoms with E-state index in [1.54, 1.807) is 13.2 Å². The van der Waals surface area contributed by atoms with Crippen LogP contribution in [0.3, 0.4) is 0 Å². The summed E-state index contributed by atoms with van der Waals surface area (Å²) in [6.45, 7) is 11.6. The van der Waals surface area contributed by atoms with Gasteiger partial charge in [-0.3, -0.25) is 9.69 Å². The molecule has 25 heavy (non-hydrogen) atoms. The lowest BCUT2D eigenvalue weighted by molar-refractivity contribution is 0.0623. The molecule has 1 amide bonds. The lowest BCUT2D eigenvalue weighted by Gasteiger charge is -2.35. The molecule has 6 heteroatoms. The third kappa shape index (κ3) is 5.35. The Kier molecular flexibility index (Phi) is 7.56. The van der Waals surface area contributed by atoms with Gasteiger partial charge in [0.25, 0.3) is 5.91 Å². The summed E-state index contributed by atoms with van der Waals surface area (Å²) < 4.78 is 11.9. The Labute approximate surface area is 159 Å². The van der Waals surface area contributed by atoms with E-state index in [4.69, 9.17) is 9.47 Å². The first-order valence-electron chi connectivity index (χ1n) is 8.98. The van der Waals surface area contributed by atoms with E-state index < -0.39 is 0 Å². The Bertz CT molecular complexity index is 584. The van der Waals surface area contributed by atoms with Crippen molar-refractivity contribution >= 4 is 21.8 Å². The second-order valence-corrected chi connectivity index (χ2v) is 7.68. The molecular weight excluding hydrogens is 384 g/mol. The van der Waals surface area contributed by atoms with E-state index in [1.807, 2.05) is 11.0 Å². The van der Waals surface area contributed by atoms with Gasteiger partial charge in [0.05, 0.1) is 18.2 Å². The molecule has 0 spiro atoms. The summed E-state index contributed by atoms with van der Waals surface area (Å²) in [4.78, 5) is 17.2. The first-order valence-corrected chi connectivity index (χ1v) is 9.77. The molecule has 0 aliphatic carbocycles. The van der Waals surface area contributed by atoms with Crippen molar-refractivity contribution in [3.8, 4) is 11.5 Å². The Balaban J connectivity index is 2.08. The summed E-state index contributed by atoms with van der Waals surface area (Å²) in [7, 11) is 1.60. The predicted octanol–water partition coefficient (Wildman–Crippen LogP) is 3.66. The normalized spacial score (nSPS) is 15.5. The topological polar surface area (TPSA) is 42.0 Å². The molecule has 0 N–H and O–H groups in total. The van der Waals surface area contributed by atoms with Crippen LogP contribution in [0.1, 0.15) is 37.6 Å². The number of carbonyl (C=O) groups is 1. The number of benzene rings is 1. The number of hydrogen-bond acceptors (Lipinski definition) is 4. The number of amides is 1. The van der Waals surface area contributed by atoms with E-state index in [9.17, 15) is 4.79 Å². The van der Waals surface area contributed by atoms with E-state index in [1.165, 1.54) is 0 Å². The number of carbonyl (C=O) groups excluding carboxylic acids is 1. The van der Waals surface area contributed by atoms with Crippen LogP contribution in [-0.4, -0.2) is 62.1 Å². The van der Waals surface area contributed by atoms with Gasteiger partial charge in [-0.15, -0.1) is 0 Å². The Morgan fingerprint density at radius 2 is 1.92 bits per heavy atom. The SMILES string of the molecule is CCCOc1c(Br)cc(C(=O)N2CCN(CC(C)C)CC2)cc1OC. The number of ether oxygens (including phenoxy) is 2. The molecule has 1 aromatic carbocycles. The molecule has 0 unspecified atom stereocenters. The van der Waals surface area contributed by atoms with Gasteiger partial charge in [-0.05, 0) is 40.4 Å². The molecular formula is C19H29BrN2O3. The fourth-order valence-electron chi connectivity index (χ4n) is 3.02. The van der Waals surface area contributed by atoms with Crippen LogP contribution in [0.5, 0.6) is 11.5 Å². The van der Waals surface area contributed by atoms with Crippen LogP contribution in [0.2, 0.25) is 0 Å². The number of hydrogen-bond donors (Lipinski definition) is 0. The van der Waals surface area contributed by atoms with Crippen molar-refractivity contribution in [3.63, 3.8) is 0 Å². The summed E-state index contributed by atoms with van der Waals surface area (Å²) >= 11 is 3.51. The zero-order valence-corrected chi connectivity index (χ0v) is 17.3. The largest absolute Gasteiger partial charge is 0.493 e. The van der Waals surface area contributed by atoms with Crippen molar-refractivity contribution in [2.45, 2.75) is 27.2 Å². The van der Waals surface area contributed by atoms with E-state index in [0.717, 1.165) is 43.6 Å². The summed E-state index contributed by atoms with van der Waals surface area (Å²) in [5.74, 6) is 1.94. The van der Waals surface area contributed by atoms with Gasteiger partial charge in [0.15, 0.2) is 11.5 Å². The Morgan fingerprint density at radius 1 is 1.24 bits per heavy atom. The molecule has 0 bridgehead atoms. The van der Waals surface area contributed by atoms with Crippen molar-refractivity contribution < 1.29 is 14.3 Å². The summed E-state index contributed by atoms with van der Waals surface area (Å²) in [6, 6.07) is 3.61. The lowest BCUT2D eigenvalue weighted by Crippen LogP contribution is -2.49. The fraction of sp³-hybridized carbons (Fsp3) is 0.632. The van der Waals surface area contributed by atoms with E-state index >= 15 is 0 Å². The average molecular weight is 413 g/mol. The number of piperazine rings is 1. The zero-order valence-electron chi connectivity index (χ0n) is 15.7. The van der Waals surface area contributed by atoms with Gasteiger partial charge in [0, 0.05) is 38.3 Å². The van der Waals surface area contributed by atoms with Crippen molar-refractivity contribution in [2.24, 2.45) is 5.92 Å². The smallest absolute Gasteiger partial charge is 0.254 e. The molecule has 5 nitrogen and oxygen atoms in total. The maximum Gasteiger partial charge on any atom is 0.254 e. The number of rotatable bonds is 7. The van der Waals surface area contributed by atoms with E-state index in [2.05, 4.69) is 41.6 Å². The fourth-order valence-corrected chi connectivity index (χ4v) is 3.58. The quantitative estimate of drug-likeness (QED) is 0.684. The van der Waals surface area contributed by atoms with E-state index in [0.29, 0.717) is 29.6 Å². The highest BCUT2D eigenvalue weighted by atomic mass is 79.9. The van der Waals surface area contributed by atoms with E-state index in [-0.39, 0.29) is 5.91 Å². The second kappa shape index (κ2) is 9.43. The van der Waals surface area contributed by atoms with Crippen LogP contribution in [0.15, 0.2) is 16.6 Å². The third-order valence-electron chi connectivity index (χ3n) is 4.21. The van der Waals surface area contributed by atoms with Gasteiger partial charge in [-0.25, -0.2) is 0 Å². The van der Waals surface area contributed by atoms with Crippen molar-refractivity contribution in [3.05, 3.63) is 22.2 Å². The Hall–Kier alpha value is -1.27. The van der Waals surface area contributed by atoms with Crippen LogP contribution >= 0.6 is 15.9 Å². The Morgan fingerprint density at radius 3 is 2.48 bits per heavy atom. The van der Waals surface area contributed by atoms with Gasteiger partial charge in [0.2, 0.25) is 0 Å². The highest BCUT2D eigenvalue weighted by Crippen LogP contribution is 2.37. The molecule has 0 saturated carbocycles. The maximum absolute atomic E-state index is 12.9. The van der Waals surface area contributed by atoms with Gasteiger partial charge in [-0.2, -0.15) is 0 Å². The molecule has 1 heterocycles. The molecule has 140 valence electrons. The van der Waals surface area contributed by atoms with Crippen LogP contribution in [0.25, 0.3) is 0 Å². The van der Waals surface area contributed by atoms with Crippen molar-refractivity contribution in [2.75, 3.05) is 46.4 Å².